The molecule has 3 amide bonds. The van der Waals surface area contributed by atoms with Gasteiger partial charge in [-0.15, -0.1) is 0 Å². The highest BCUT2D eigenvalue weighted by Crippen LogP contribution is 2.33. The number of methoxy groups -OCH3 is 2. The van der Waals surface area contributed by atoms with Crippen LogP contribution in [0.25, 0.3) is 0 Å². The summed E-state index contributed by atoms with van der Waals surface area (Å²) in [5.74, 6) is 1.07. The molecule has 3 aromatic rings. The Hall–Kier alpha value is -4.07. The quantitative estimate of drug-likeness (QED) is 0.523. The van der Waals surface area contributed by atoms with Crippen molar-refractivity contribution in [3.05, 3.63) is 89.2 Å². The van der Waals surface area contributed by atoms with Gasteiger partial charge in [0.15, 0.2) is 11.5 Å². The molecule has 2 heterocycles. The maximum absolute atomic E-state index is 13.2. The van der Waals surface area contributed by atoms with Gasteiger partial charge in [-0.2, -0.15) is 0 Å². The lowest BCUT2D eigenvalue weighted by Gasteiger charge is -2.31. The third-order valence-corrected chi connectivity index (χ3v) is 6.09. The van der Waals surface area contributed by atoms with Crippen molar-refractivity contribution in [1.29, 1.82) is 0 Å². The van der Waals surface area contributed by atoms with Gasteiger partial charge in [-0.25, -0.2) is 4.79 Å². The lowest BCUT2D eigenvalue weighted by Crippen LogP contribution is -2.52. The number of carbonyl (C=O) groups is 2. The monoisotopic (exact) mass is 474 g/mol. The fourth-order valence-corrected chi connectivity index (χ4v) is 4.17. The van der Waals surface area contributed by atoms with Crippen molar-refractivity contribution in [2.45, 2.75) is 32.0 Å². The molecule has 0 bridgehead atoms. The zero-order chi connectivity index (χ0) is 24.6. The molecule has 4 rings (SSSR count). The molecule has 8 heteroatoms. The maximum atomic E-state index is 13.2. The number of rotatable bonds is 8. The average molecular weight is 475 g/mol. The van der Waals surface area contributed by atoms with Crippen molar-refractivity contribution < 1.29 is 19.1 Å². The van der Waals surface area contributed by atoms with Crippen molar-refractivity contribution in [1.82, 2.24) is 20.5 Å². The minimum Gasteiger partial charge on any atom is -0.493 e. The second-order valence-corrected chi connectivity index (χ2v) is 8.42. The van der Waals surface area contributed by atoms with E-state index in [9.17, 15) is 9.59 Å². The van der Waals surface area contributed by atoms with Gasteiger partial charge in [0.25, 0.3) is 0 Å². The van der Waals surface area contributed by atoms with Crippen LogP contribution in [0.5, 0.6) is 11.5 Å². The highest BCUT2D eigenvalue weighted by atomic mass is 16.5. The number of hydrogen-bond acceptors (Lipinski definition) is 5. The number of nitrogens with one attached hydrogen (secondary N) is 2. The van der Waals surface area contributed by atoms with Gasteiger partial charge >= 0.3 is 6.03 Å². The van der Waals surface area contributed by atoms with Crippen LogP contribution in [0.1, 0.15) is 22.3 Å². The fraction of sp³-hybridized carbons (Fsp3) is 0.296. The highest BCUT2D eigenvalue weighted by molar-refractivity contribution is 5.87. The second kappa shape index (κ2) is 11.4. The Balaban J connectivity index is 1.46. The summed E-state index contributed by atoms with van der Waals surface area (Å²) in [4.78, 5) is 32.1. The van der Waals surface area contributed by atoms with Crippen molar-refractivity contribution in [3.8, 4) is 11.5 Å². The predicted molar refractivity (Wildman–Crippen MR) is 132 cm³/mol. The number of pyridine rings is 1. The number of amides is 3. The SMILES string of the molecule is COc1cc2c(cc1OC)CN(C(=O)N[C@@H](Cc1ccccc1)C(=O)NCc1cccnc1)CC2. The van der Waals surface area contributed by atoms with Crippen LogP contribution in [0.15, 0.2) is 67.0 Å². The Morgan fingerprint density at radius 1 is 1.00 bits per heavy atom. The van der Waals surface area contributed by atoms with Crippen LogP contribution in [0.3, 0.4) is 0 Å². The number of benzene rings is 2. The third kappa shape index (κ3) is 6.09. The van der Waals surface area contributed by atoms with E-state index in [1.165, 1.54) is 0 Å². The standard InChI is InChI=1S/C27H30N4O4/c1-34-24-14-21-10-12-31(18-22(21)15-25(24)35-2)27(33)30-23(13-19-7-4-3-5-8-19)26(32)29-17-20-9-6-11-28-16-20/h3-9,11,14-16,23H,10,12-13,17-18H2,1-2H3,(H,29,32)(H,30,33)/t23-/m0/s1. The molecular formula is C27H30N4O4. The lowest BCUT2D eigenvalue weighted by atomic mass is 9.99. The van der Waals surface area contributed by atoms with Gasteiger partial charge in [-0.3, -0.25) is 9.78 Å². The first kappa shape index (κ1) is 24.1. The normalized spacial score (nSPS) is 13.4. The number of hydrogen-bond donors (Lipinski definition) is 2. The van der Waals surface area contributed by atoms with Crippen LogP contribution in [0.4, 0.5) is 4.79 Å². The van der Waals surface area contributed by atoms with Gasteiger partial charge in [-0.05, 0) is 46.9 Å². The molecule has 0 aliphatic carbocycles. The molecular weight excluding hydrogens is 444 g/mol. The molecule has 1 aliphatic heterocycles. The molecule has 1 aromatic heterocycles. The molecule has 182 valence electrons. The fourth-order valence-electron chi connectivity index (χ4n) is 4.17. The first-order valence-electron chi connectivity index (χ1n) is 11.6. The first-order chi connectivity index (χ1) is 17.1. The summed E-state index contributed by atoms with van der Waals surface area (Å²) in [6.45, 7) is 1.31. The van der Waals surface area contributed by atoms with Crippen molar-refractivity contribution in [2.75, 3.05) is 20.8 Å². The molecule has 0 fully saturated rings. The van der Waals surface area contributed by atoms with Crippen LogP contribution in [-0.4, -0.2) is 48.6 Å². The van der Waals surface area contributed by atoms with Gasteiger partial charge in [0, 0.05) is 38.4 Å². The van der Waals surface area contributed by atoms with E-state index >= 15 is 0 Å². The van der Waals surface area contributed by atoms with E-state index < -0.39 is 6.04 Å². The van der Waals surface area contributed by atoms with Crippen LogP contribution in [-0.2, 0) is 30.7 Å². The van der Waals surface area contributed by atoms with E-state index in [-0.39, 0.29) is 11.9 Å². The summed E-state index contributed by atoms with van der Waals surface area (Å²) in [7, 11) is 3.20. The molecule has 0 saturated carbocycles. The molecule has 0 spiro atoms. The van der Waals surface area contributed by atoms with E-state index in [1.54, 1.807) is 31.5 Å². The molecule has 2 aromatic carbocycles. The molecule has 8 nitrogen and oxygen atoms in total. The molecule has 1 atom stereocenters. The summed E-state index contributed by atoms with van der Waals surface area (Å²) in [5, 5.41) is 5.88. The van der Waals surface area contributed by atoms with Gasteiger partial charge in [0.05, 0.1) is 14.2 Å². The Morgan fingerprint density at radius 3 is 2.40 bits per heavy atom. The van der Waals surface area contributed by atoms with Gasteiger partial charge in [0.2, 0.25) is 5.91 Å². The van der Waals surface area contributed by atoms with Crippen LogP contribution < -0.4 is 20.1 Å². The molecule has 1 aliphatic rings. The minimum absolute atomic E-state index is 0.241. The zero-order valence-corrected chi connectivity index (χ0v) is 20.0. The van der Waals surface area contributed by atoms with Crippen LogP contribution in [0.2, 0.25) is 0 Å². The zero-order valence-electron chi connectivity index (χ0n) is 20.0. The predicted octanol–water partition coefficient (Wildman–Crippen LogP) is 3.09. The lowest BCUT2D eigenvalue weighted by molar-refractivity contribution is -0.123. The van der Waals surface area contributed by atoms with E-state index in [1.807, 2.05) is 54.6 Å². The van der Waals surface area contributed by atoms with E-state index in [0.717, 1.165) is 22.3 Å². The number of fused-ring (bicyclic) bond motifs is 1. The van der Waals surface area contributed by atoms with E-state index in [0.29, 0.717) is 44.0 Å². The van der Waals surface area contributed by atoms with Crippen LogP contribution >= 0.6 is 0 Å². The van der Waals surface area contributed by atoms with Gasteiger partial charge in [-0.1, -0.05) is 36.4 Å². The number of urea groups is 1. The summed E-state index contributed by atoms with van der Waals surface area (Å²) in [6.07, 6.45) is 4.48. The van der Waals surface area contributed by atoms with Gasteiger partial charge < -0.3 is 25.0 Å². The molecule has 0 radical (unpaired) electrons. The summed E-state index contributed by atoms with van der Waals surface area (Å²) >= 11 is 0. The average Bonchev–Trinajstić information content (AvgIpc) is 2.91. The summed E-state index contributed by atoms with van der Waals surface area (Å²) in [5.41, 5.74) is 3.99. The van der Waals surface area contributed by atoms with E-state index in [4.69, 9.17) is 9.47 Å². The molecule has 35 heavy (non-hydrogen) atoms. The minimum atomic E-state index is -0.714. The molecule has 0 saturated heterocycles. The smallest absolute Gasteiger partial charge is 0.318 e. The molecule has 0 unspecified atom stereocenters. The Morgan fingerprint density at radius 2 is 1.71 bits per heavy atom. The maximum Gasteiger partial charge on any atom is 0.318 e. The molecule has 2 N–H and O–H groups in total. The van der Waals surface area contributed by atoms with Crippen molar-refractivity contribution in [3.63, 3.8) is 0 Å². The number of nitrogens with zero attached hydrogens (tertiary/aromatic N) is 2. The topological polar surface area (TPSA) is 92.8 Å². The number of carbonyl (C=O) groups excluding carboxylic acids is 2. The first-order valence-corrected chi connectivity index (χ1v) is 11.6. The van der Waals surface area contributed by atoms with Crippen LogP contribution in [0, 0.1) is 0 Å². The summed E-state index contributed by atoms with van der Waals surface area (Å²) in [6, 6.07) is 16.3. The second-order valence-electron chi connectivity index (χ2n) is 8.42. The Labute approximate surface area is 205 Å². The Kier molecular flexibility index (Phi) is 7.82. The Bertz CT molecular complexity index is 1150. The van der Waals surface area contributed by atoms with Crippen molar-refractivity contribution >= 4 is 11.9 Å². The van der Waals surface area contributed by atoms with Gasteiger partial charge in [0.1, 0.15) is 6.04 Å². The number of ether oxygens (including phenoxy) is 2. The number of aromatic nitrogens is 1. The summed E-state index contributed by atoms with van der Waals surface area (Å²) < 4.78 is 10.8. The largest absolute Gasteiger partial charge is 0.493 e. The highest BCUT2D eigenvalue weighted by Gasteiger charge is 2.27. The third-order valence-electron chi connectivity index (χ3n) is 6.09. The van der Waals surface area contributed by atoms with Crippen molar-refractivity contribution in [2.24, 2.45) is 0 Å². The van der Waals surface area contributed by atoms with E-state index in [2.05, 4.69) is 15.6 Å².